The van der Waals surface area contributed by atoms with Crippen LogP contribution in [0.15, 0.2) is 41.2 Å². The van der Waals surface area contributed by atoms with Crippen molar-refractivity contribution in [1.29, 1.82) is 0 Å². The monoisotopic (exact) mass is 598 g/mol. The third-order valence-electron chi connectivity index (χ3n) is 8.08. The number of benzene rings is 1. The zero-order valence-electron chi connectivity index (χ0n) is 23.0. The number of esters is 1. The Morgan fingerprint density at radius 2 is 1.91 bits per heavy atom. The smallest absolute Gasteiger partial charge is 0.457 e. The Balaban J connectivity index is 1.21. The van der Waals surface area contributed by atoms with Crippen molar-refractivity contribution in [2.24, 2.45) is 0 Å². The van der Waals surface area contributed by atoms with Crippen molar-refractivity contribution in [2.45, 2.75) is 62.8 Å². The van der Waals surface area contributed by atoms with Crippen LogP contribution in [0.1, 0.15) is 30.0 Å². The van der Waals surface area contributed by atoms with Crippen LogP contribution in [0.4, 0.5) is 4.79 Å². The van der Waals surface area contributed by atoms with E-state index in [2.05, 4.69) is 0 Å². The van der Waals surface area contributed by atoms with Crippen LogP contribution in [0.5, 0.6) is 0 Å². The van der Waals surface area contributed by atoms with Gasteiger partial charge in [-0.25, -0.2) is 14.6 Å². The minimum absolute atomic E-state index is 0.0593. The molecule has 1 unspecified atom stereocenters. The number of fused-ring (bicyclic) bond motifs is 5. The van der Waals surface area contributed by atoms with E-state index in [0.29, 0.717) is 17.9 Å². The maximum atomic E-state index is 13.6. The third kappa shape index (κ3) is 4.85. The van der Waals surface area contributed by atoms with Crippen LogP contribution in [0.2, 0.25) is 0 Å². The van der Waals surface area contributed by atoms with Crippen LogP contribution in [0, 0.1) is 0 Å². The van der Waals surface area contributed by atoms with Crippen LogP contribution >= 0.6 is 0 Å². The molecule has 0 spiro atoms. The molecular weight excluding hydrogens is 568 g/mol. The van der Waals surface area contributed by atoms with E-state index in [0.717, 1.165) is 16.5 Å². The van der Waals surface area contributed by atoms with Gasteiger partial charge < -0.3 is 48.7 Å². The van der Waals surface area contributed by atoms with Crippen molar-refractivity contribution >= 4 is 23.0 Å². The quantitative estimate of drug-likeness (QED) is 0.165. The summed E-state index contributed by atoms with van der Waals surface area (Å²) in [4.78, 5) is 44.3. The fraction of sp³-hybridized carbons (Fsp3) is 0.448. The number of para-hydroxylation sites is 1. The minimum Gasteiger partial charge on any atom is -0.457 e. The Morgan fingerprint density at radius 3 is 2.67 bits per heavy atom. The zero-order chi connectivity index (χ0) is 30.5. The molecule has 14 nitrogen and oxygen atoms in total. The van der Waals surface area contributed by atoms with Crippen molar-refractivity contribution in [3.05, 3.63) is 63.4 Å². The van der Waals surface area contributed by atoms with Gasteiger partial charge in [0.05, 0.1) is 42.2 Å². The van der Waals surface area contributed by atoms with E-state index in [9.17, 15) is 34.8 Å². The number of pyridine rings is 2. The van der Waals surface area contributed by atoms with Gasteiger partial charge in [-0.1, -0.05) is 25.1 Å². The van der Waals surface area contributed by atoms with E-state index in [4.69, 9.17) is 28.7 Å². The first kappa shape index (κ1) is 29.2. The number of aromatic nitrogens is 2. The highest BCUT2D eigenvalue weighted by Gasteiger charge is 2.51. The molecule has 5 heterocycles. The summed E-state index contributed by atoms with van der Waals surface area (Å²) in [5.41, 5.74) is 0.694. The lowest BCUT2D eigenvalue weighted by atomic mass is 9.85. The van der Waals surface area contributed by atoms with Crippen molar-refractivity contribution in [3.63, 3.8) is 0 Å². The Kier molecular flexibility index (Phi) is 7.66. The Hall–Kier alpha value is -3.92. The number of ether oxygens (including phenoxy) is 5. The number of rotatable bonds is 7. The lowest BCUT2D eigenvalue weighted by Crippen LogP contribution is -2.59. The summed E-state index contributed by atoms with van der Waals surface area (Å²) >= 11 is 0. The number of aliphatic hydroxyl groups excluding tert-OH is 4. The van der Waals surface area contributed by atoms with E-state index >= 15 is 0 Å². The maximum Gasteiger partial charge on any atom is 0.509 e. The van der Waals surface area contributed by atoms with Gasteiger partial charge >= 0.3 is 12.1 Å². The fourth-order valence-corrected chi connectivity index (χ4v) is 5.75. The molecule has 6 rings (SSSR count). The standard InChI is InChI=1S/C29H30N2O12/c1-2-29(43-28(38)40-8-7-39-26-24(35)23(34)22(33)20(12-32)42-26)17-10-19-21-15(9-14-5-3-4-6-18(14)30-21)11-31(19)25(36)16(17)13-41-27(29)37/h3-6,9-10,20,22-24,26,32-35H,2,7-8,11-13H2,1H3/t20?,22-,23+,24-,26-,29+/m1/s1. The SMILES string of the molecule is CC[C@@]1(OC(=O)OCCO[C@@H]2OC(CO)[C@@H](O)[C@H](O)[C@H]2O)C(=O)OCc2c1cc1n(c2=O)Cc2cc3ccccc3nc2-1. The van der Waals surface area contributed by atoms with Crippen molar-refractivity contribution in [1.82, 2.24) is 9.55 Å². The number of aliphatic hydroxyl groups is 4. The summed E-state index contributed by atoms with van der Waals surface area (Å²) in [7, 11) is 0. The molecule has 1 aromatic carbocycles. The number of hydrogen-bond acceptors (Lipinski definition) is 13. The molecule has 0 amide bonds. The fourth-order valence-electron chi connectivity index (χ4n) is 5.75. The van der Waals surface area contributed by atoms with Crippen LogP contribution in [-0.4, -0.2) is 92.6 Å². The van der Waals surface area contributed by atoms with Gasteiger partial charge in [0.15, 0.2) is 6.29 Å². The van der Waals surface area contributed by atoms with Gasteiger partial charge in [0, 0.05) is 16.5 Å². The summed E-state index contributed by atoms with van der Waals surface area (Å²) < 4.78 is 28.1. The third-order valence-corrected chi connectivity index (χ3v) is 8.08. The van der Waals surface area contributed by atoms with Gasteiger partial charge in [-0.3, -0.25) is 4.79 Å². The molecule has 0 bridgehead atoms. The maximum absolute atomic E-state index is 13.6. The molecule has 2 aromatic heterocycles. The Labute approximate surface area is 244 Å². The molecule has 1 fully saturated rings. The number of cyclic esters (lactones) is 1. The van der Waals surface area contributed by atoms with Crippen molar-refractivity contribution in [2.75, 3.05) is 19.8 Å². The summed E-state index contributed by atoms with van der Waals surface area (Å²) in [6, 6.07) is 11.2. The molecule has 14 heteroatoms. The summed E-state index contributed by atoms with van der Waals surface area (Å²) in [6.07, 6.45) is -8.68. The van der Waals surface area contributed by atoms with Crippen molar-refractivity contribution in [3.8, 4) is 11.4 Å². The summed E-state index contributed by atoms with van der Waals surface area (Å²) in [5.74, 6) is -0.856. The van der Waals surface area contributed by atoms with E-state index in [1.165, 1.54) is 0 Å². The van der Waals surface area contributed by atoms with Gasteiger partial charge in [-0.2, -0.15) is 0 Å². The molecule has 3 aliphatic rings. The highest BCUT2D eigenvalue weighted by atomic mass is 16.8. The number of carbonyl (C=O) groups excluding carboxylic acids is 2. The molecule has 0 saturated carbocycles. The number of carbonyl (C=O) groups is 2. The molecule has 228 valence electrons. The highest BCUT2D eigenvalue weighted by molar-refractivity contribution is 5.87. The second-order valence-electron chi connectivity index (χ2n) is 10.5. The molecular formula is C29H30N2O12. The molecule has 43 heavy (non-hydrogen) atoms. The van der Waals surface area contributed by atoms with Gasteiger partial charge in [0.2, 0.25) is 5.60 Å². The first-order chi connectivity index (χ1) is 20.7. The van der Waals surface area contributed by atoms with Crippen LogP contribution in [0.3, 0.4) is 0 Å². The van der Waals surface area contributed by atoms with Gasteiger partial charge in [0.1, 0.15) is 37.6 Å². The lowest BCUT2D eigenvalue weighted by Gasteiger charge is -2.39. The van der Waals surface area contributed by atoms with E-state index in [-0.39, 0.29) is 36.3 Å². The van der Waals surface area contributed by atoms with Crippen LogP contribution in [0.25, 0.3) is 22.3 Å². The van der Waals surface area contributed by atoms with Crippen LogP contribution in [-0.2, 0) is 47.2 Å². The summed E-state index contributed by atoms with van der Waals surface area (Å²) in [5, 5.41) is 40.1. The van der Waals surface area contributed by atoms with Gasteiger partial charge in [0.25, 0.3) is 5.56 Å². The average Bonchev–Trinajstić information content (AvgIpc) is 3.37. The number of nitrogens with zero attached hydrogens (tertiary/aromatic N) is 2. The second kappa shape index (κ2) is 11.3. The number of hydrogen-bond donors (Lipinski definition) is 4. The Bertz CT molecular complexity index is 1640. The molecule has 0 radical (unpaired) electrons. The van der Waals surface area contributed by atoms with E-state index in [1.54, 1.807) is 17.6 Å². The predicted octanol–water partition coefficient (Wildman–Crippen LogP) is 0.0570. The largest absolute Gasteiger partial charge is 0.509 e. The normalized spacial score (nSPS) is 27.7. The molecule has 4 N–H and O–H groups in total. The minimum atomic E-state index is -1.96. The molecule has 3 aromatic rings. The molecule has 1 saturated heterocycles. The molecule has 3 aliphatic heterocycles. The second-order valence-corrected chi connectivity index (χ2v) is 10.5. The first-order valence-electron chi connectivity index (χ1n) is 13.8. The zero-order valence-corrected chi connectivity index (χ0v) is 23.0. The Morgan fingerprint density at radius 1 is 1.12 bits per heavy atom. The topological polar surface area (TPSA) is 196 Å². The lowest BCUT2D eigenvalue weighted by molar-refractivity contribution is -0.302. The van der Waals surface area contributed by atoms with Crippen LogP contribution < -0.4 is 5.56 Å². The first-order valence-corrected chi connectivity index (χ1v) is 13.8. The predicted molar refractivity (Wildman–Crippen MR) is 144 cm³/mol. The van der Waals surface area contributed by atoms with Gasteiger partial charge in [-0.15, -0.1) is 0 Å². The van der Waals surface area contributed by atoms with E-state index in [1.807, 2.05) is 30.3 Å². The highest BCUT2D eigenvalue weighted by Crippen LogP contribution is 2.41. The summed E-state index contributed by atoms with van der Waals surface area (Å²) in [6.45, 7) is 0.243. The van der Waals surface area contributed by atoms with Crippen molar-refractivity contribution < 1.29 is 53.7 Å². The van der Waals surface area contributed by atoms with Gasteiger partial charge in [-0.05, 0) is 24.6 Å². The average molecular weight is 599 g/mol. The van der Waals surface area contributed by atoms with E-state index < -0.39 is 61.6 Å². The molecule has 6 atom stereocenters. The molecule has 0 aliphatic carbocycles.